The summed E-state index contributed by atoms with van der Waals surface area (Å²) in [6, 6.07) is 9.62. The van der Waals surface area contributed by atoms with E-state index in [0.29, 0.717) is 5.02 Å². The normalized spacial score (nSPS) is 16.2. The van der Waals surface area contributed by atoms with E-state index in [9.17, 15) is 9.18 Å². The van der Waals surface area contributed by atoms with Gasteiger partial charge in [-0.05, 0) is 43.3 Å². The zero-order chi connectivity index (χ0) is 21.7. The molecule has 162 valence electrons. The van der Waals surface area contributed by atoms with E-state index in [0.717, 1.165) is 49.8 Å². The van der Waals surface area contributed by atoms with Crippen molar-refractivity contribution in [1.82, 2.24) is 9.80 Å². The molecular weight excluding hydrogens is 409 g/mol. The van der Waals surface area contributed by atoms with Crippen LogP contribution in [-0.2, 0) is 11.3 Å². The lowest BCUT2D eigenvalue weighted by atomic mass is 10.1. The number of piperazine rings is 1. The van der Waals surface area contributed by atoms with Crippen LogP contribution < -0.4 is 14.8 Å². The number of amides is 1. The van der Waals surface area contributed by atoms with Gasteiger partial charge in [0.2, 0.25) is 5.91 Å². The summed E-state index contributed by atoms with van der Waals surface area (Å²) in [6.45, 7) is 5.68. The number of hydrogen-bond donors (Lipinski definition) is 1. The smallest absolute Gasteiger partial charge is 0.241 e. The summed E-state index contributed by atoms with van der Waals surface area (Å²) in [5.74, 6) is 0.847. The van der Waals surface area contributed by atoms with Crippen molar-refractivity contribution in [1.29, 1.82) is 0 Å². The van der Waals surface area contributed by atoms with Gasteiger partial charge in [-0.1, -0.05) is 11.6 Å². The van der Waals surface area contributed by atoms with Crippen molar-refractivity contribution in [3.8, 4) is 11.5 Å². The van der Waals surface area contributed by atoms with Crippen molar-refractivity contribution < 1.29 is 18.7 Å². The molecule has 8 heteroatoms. The predicted molar refractivity (Wildman–Crippen MR) is 116 cm³/mol. The van der Waals surface area contributed by atoms with Crippen molar-refractivity contribution in [3.63, 3.8) is 0 Å². The monoisotopic (exact) mass is 435 g/mol. The SMILES string of the molecule is COc1ccc(OC)c(CN2CCN(C(C)C(=O)Nc3ccc(Cl)cc3F)CC2)c1. The summed E-state index contributed by atoms with van der Waals surface area (Å²) in [5, 5.41) is 2.95. The molecule has 1 aliphatic heterocycles. The maximum atomic E-state index is 14.0. The van der Waals surface area contributed by atoms with Crippen molar-refractivity contribution in [2.45, 2.75) is 19.5 Å². The summed E-state index contributed by atoms with van der Waals surface area (Å²) in [6.07, 6.45) is 0. The summed E-state index contributed by atoms with van der Waals surface area (Å²) < 4.78 is 24.7. The zero-order valence-electron chi connectivity index (χ0n) is 17.5. The number of hydrogen-bond acceptors (Lipinski definition) is 5. The second-order valence-corrected chi connectivity index (χ2v) is 7.72. The number of carbonyl (C=O) groups is 1. The van der Waals surface area contributed by atoms with E-state index in [1.54, 1.807) is 20.3 Å². The molecule has 2 aromatic carbocycles. The molecule has 3 rings (SSSR count). The lowest BCUT2D eigenvalue weighted by Crippen LogP contribution is -2.52. The third-order valence-electron chi connectivity index (χ3n) is 5.40. The Balaban J connectivity index is 1.55. The average molecular weight is 436 g/mol. The van der Waals surface area contributed by atoms with Gasteiger partial charge in [0, 0.05) is 43.3 Å². The Morgan fingerprint density at radius 1 is 1.13 bits per heavy atom. The molecule has 0 aliphatic carbocycles. The highest BCUT2D eigenvalue weighted by molar-refractivity contribution is 6.30. The fourth-order valence-corrected chi connectivity index (χ4v) is 3.71. The molecular formula is C22H27ClFN3O3. The van der Waals surface area contributed by atoms with Crippen LogP contribution in [0, 0.1) is 5.82 Å². The Bertz CT molecular complexity index is 888. The van der Waals surface area contributed by atoms with Crippen LogP contribution in [0.15, 0.2) is 36.4 Å². The molecule has 1 aliphatic rings. The minimum Gasteiger partial charge on any atom is -0.497 e. The molecule has 30 heavy (non-hydrogen) atoms. The molecule has 0 saturated carbocycles. The quantitative estimate of drug-likeness (QED) is 0.719. The molecule has 0 radical (unpaired) electrons. The van der Waals surface area contributed by atoms with Gasteiger partial charge in [-0.25, -0.2) is 4.39 Å². The Hall–Kier alpha value is -2.35. The highest BCUT2D eigenvalue weighted by Crippen LogP contribution is 2.26. The minimum atomic E-state index is -0.542. The van der Waals surface area contributed by atoms with Crippen molar-refractivity contribution >= 4 is 23.2 Å². The summed E-state index contributed by atoms with van der Waals surface area (Å²) in [4.78, 5) is 17.0. The third-order valence-corrected chi connectivity index (χ3v) is 5.64. The molecule has 1 saturated heterocycles. The molecule has 1 unspecified atom stereocenters. The summed E-state index contributed by atoms with van der Waals surface area (Å²) in [5.41, 5.74) is 1.20. The lowest BCUT2D eigenvalue weighted by Gasteiger charge is -2.37. The maximum absolute atomic E-state index is 14.0. The van der Waals surface area contributed by atoms with Gasteiger partial charge in [-0.3, -0.25) is 14.6 Å². The second kappa shape index (κ2) is 10.1. The van der Waals surface area contributed by atoms with Crippen LogP contribution in [0.25, 0.3) is 0 Å². The van der Waals surface area contributed by atoms with Gasteiger partial charge >= 0.3 is 0 Å². The van der Waals surface area contributed by atoms with Crippen LogP contribution in [0.2, 0.25) is 5.02 Å². The summed E-state index contributed by atoms with van der Waals surface area (Å²) >= 11 is 5.76. The van der Waals surface area contributed by atoms with E-state index < -0.39 is 5.82 Å². The van der Waals surface area contributed by atoms with Crippen molar-refractivity contribution in [2.75, 3.05) is 45.7 Å². The number of anilines is 1. The van der Waals surface area contributed by atoms with Crippen LogP contribution in [0.4, 0.5) is 10.1 Å². The fourth-order valence-electron chi connectivity index (χ4n) is 3.55. The molecule has 0 aromatic heterocycles. The van der Waals surface area contributed by atoms with E-state index in [1.165, 1.54) is 12.1 Å². The lowest BCUT2D eigenvalue weighted by molar-refractivity contribution is -0.121. The van der Waals surface area contributed by atoms with E-state index in [1.807, 2.05) is 25.1 Å². The first-order chi connectivity index (χ1) is 14.4. The van der Waals surface area contributed by atoms with Gasteiger partial charge in [0.05, 0.1) is 25.9 Å². The van der Waals surface area contributed by atoms with Gasteiger partial charge in [0.25, 0.3) is 0 Å². The minimum absolute atomic E-state index is 0.139. The number of nitrogens with one attached hydrogen (secondary N) is 1. The van der Waals surface area contributed by atoms with Crippen LogP contribution >= 0.6 is 11.6 Å². The molecule has 6 nitrogen and oxygen atoms in total. The average Bonchev–Trinajstić information content (AvgIpc) is 2.75. The van der Waals surface area contributed by atoms with E-state index in [-0.39, 0.29) is 17.6 Å². The molecule has 1 N–H and O–H groups in total. The molecule has 1 atom stereocenters. The number of ether oxygens (including phenoxy) is 2. The Morgan fingerprint density at radius 2 is 1.87 bits per heavy atom. The van der Waals surface area contributed by atoms with E-state index in [4.69, 9.17) is 21.1 Å². The number of rotatable bonds is 7. The molecule has 0 spiro atoms. The zero-order valence-corrected chi connectivity index (χ0v) is 18.2. The highest BCUT2D eigenvalue weighted by atomic mass is 35.5. The first-order valence-corrected chi connectivity index (χ1v) is 10.2. The van der Waals surface area contributed by atoms with E-state index >= 15 is 0 Å². The fraction of sp³-hybridized carbons (Fsp3) is 0.409. The molecule has 0 bridgehead atoms. The van der Waals surface area contributed by atoms with E-state index in [2.05, 4.69) is 15.1 Å². The number of methoxy groups -OCH3 is 2. The second-order valence-electron chi connectivity index (χ2n) is 7.28. The van der Waals surface area contributed by atoms with Gasteiger partial charge < -0.3 is 14.8 Å². The van der Waals surface area contributed by atoms with Crippen LogP contribution in [-0.4, -0.2) is 62.1 Å². The first-order valence-electron chi connectivity index (χ1n) is 9.84. The number of benzene rings is 2. The summed E-state index contributed by atoms with van der Waals surface area (Å²) in [7, 11) is 3.31. The Morgan fingerprint density at radius 3 is 2.50 bits per heavy atom. The first kappa shape index (κ1) is 22.3. The van der Waals surface area contributed by atoms with Gasteiger partial charge in [-0.15, -0.1) is 0 Å². The van der Waals surface area contributed by atoms with Gasteiger partial charge in [-0.2, -0.15) is 0 Å². The maximum Gasteiger partial charge on any atom is 0.241 e. The molecule has 1 heterocycles. The number of halogens is 2. The van der Waals surface area contributed by atoms with Gasteiger partial charge in [0.15, 0.2) is 0 Å². The Labute approximate surface area is 181 Å². The predicted octanol–water partition coefficient (Wildman–Crippen LogP) is 3.64. The van der Waals surface area contributed by atoms with Crippen LogP contribution in [0.3, 0.4) is 0 Å². The number of nitrogens with zero attached hydrogens (tertiary/aromatic N) is 2. The molecule has 2 aromatic rings. The molecule has 1 fully saturated rings. The van der Waals surface area contributed by atoms with Crippen LogP contribution in [0.5, 0.6) is 11.5 Å². The standard InChI is InChI=1S/C22H27ClFN3O3/c1-15(22(28)25-20-6-4-17(23)13-19(20)24)27-10-8-26(9-11-27)14-16-12-18(29-2)5-7-21(16)30-3/h4-7,12-13,15H,8-11,14H2,1-3H3,(H,25,28). The van der Waals surface area contributed by atoms with Crippen molar-refractivity contribution in [2.24, 2.45) is 0 Å². The van der Waals surface area contributed by atoms with Crippen LogP contribution in [0.1, 0.15) is 12.5 Å². The highest BCUT2D eigenvalue weighted by Gasteiger charge is 2.26. The molecule has 1 amide bonds. The van der Waals surface area contributed by atoms with Crippen molar-refractivity contribution in [3.05, 3.63) is 52.8 Å². The topological polar surface area (TPSA) is 54.0 Å². The number of carbonyl (C=O) groups excluding carboxylic acids is 1. The largest absolute Gasteiger partial charge is 0.497 e. The third kappa shape index (κ3) is 5.41. The Kier molecular flexibility index (Phi) is 7.53. The van der Waals surface area contributed by atoms with Gasteiger partial charge in [0.1, 0.15) is 17.3 Å².